The number of hydrogen-bond donors (Lipinski definition) is 1. The molecule has 0 atom stereocenters. The minimum absolute atomic E-state index is 0.902. The fourth-order valence-electron chi connectivity index (χ4n) is 1.53. The summed E-state index contributed by atoms with van der Waals surface area (Å²) in [6, 6.07) is 0. The van der Waals surface area contributed by atoms with Crippen LogP contribution in [0.2, 0.25) is 0 Å². The van der Waals surface area contributed by atoms with E-state index in [0.29, 0.717) is 0 Å². The van der Waals surface area contributed by atoms with Crippen LogP contribution in [0.15, 0.2) is 17.3 Å². The summed E-state index contributed by atoms with van der Waals surface area (Å²) in [4.78, 5) is 9.09. The molecule has 1 N–H and O–H groups in total. The summed E-state index contributed by atoms with van der Waals surface area (Å²) < 4.78 is 0. The van der Waals surface area contributed by atoms with Crippen LogP contribution in [0.3, 0.4) is 0 Å². The summed E-state index contributed by atoms with van der Waals surface area (Å²) in [7, 11) is 4.07. The molecule has 0 aromatic heterocycles. The highest BCUT2D eigenvalue weighted by Gasteiger charge is 2.16. The molecule has 0 aromatic carbocycles. The van der Waals surface area contributed by atoms with Gasteiger partial charge in [0.1, 0.15) is 0 Å². The van der Waals surface area contributed by atoms with Gasteiger partial charge in [-0.15, -0.1) is 0 Å². The van der Waals surface area contributed by atoms with Crippen LogP contribution in [0.1, 0.15) is 13.3 Å². The van der Waals surface area contributed by atoms with Crippen molar-refractivity contribution < 1.29 is 0 Å². The Bertz CT molecular complexity index is 239. The number of likely N-dealkylation sites (N-methyl/N-ethyl adjacent to an activating group) is 1. The third-order valence-corrected chi connectivity index (χ3v) is 2.70. The van der Waals surface area contributed by atoms with Crippen molar-refractivity contribution in [2.75, 3.05) is 40.3 Å². The number of rotatable bonds is 2. The van der Waals surface area contributed by atoms with E-state index in [2.05, 4.69) is 40.7 Å². The van der Waals surface area contributed by atoms with Gasteiger partial charge in [0.15, 0.2) is 5.96 Å². The van der Waals surface area contributed by atoms with Gasteiger partial charge >= 0.3 is 0 Å². The zero-order valence-electron chi connectivity index (χ0n) is 10.1. The second-order valence-electron chi connectivity index (χ2n) is 3.90. The summed E-state index contributed by atoms with van der Waals surface area (Å²) >= 11 is 0. The highest BCUT2D eigenvalue weighted by Crippen LogP contribution is 2.03. The Morgan fingerprint density at radius 2 is 1.93 bits per heavy atom. The van der Waals surface area contributed by atoms with E-state index in [-0.39, 0.29) is 0 Å². The zero-order chi connectivity index (χ0) is 11.3. The minimum Gasteiger partial charge on any atom is -0.359 e. The quantitative estimate of drug-likeness (QED) is 0.538. The molecule has 86 valence electrons. The Morgan fingerprint density at radius 1 is 1.33 bits per heavy atom. The predicted octanol–water partition coefficient (Wildman–Crippen LogP) is 0.733. The van der Waals surface area contributed by atoms with Gasteiger partial charge in [0.25, 0.3) is 0 Å². The molecule has 15 heavy (non-hydrogen) atoms. The van der Waals surface area contributed by atoms with Crippen LogP contribution in [0.5, 0.6) is 0 Å². The van der Waals surface area contributed by atoms with Crippen LogP contribution in [-0.4, -0.2) is 56.0 Å². The van der Waals surface area contributed by atoms with E-state index >= 15 is 0 Å². The maximum atomic E-state index is 4.48. The van der Waals surface area contributed by atoms with Crippen molar-refractivity contribution in [3.8, 4) is 0 Å². The van der Waals surface area contributed by atoms with Gasteiger partial charge in [0, 0.05) is 38.9 Å². The number of aliphatic imine (C=N–C) groups is 1. The molecule has 1 saturated heterocycles. The van der Waals surface area contributed by atoms with Gasteiger partial charge < -0.3 is 15.1 Å². The van der Waals surface area contributed by atoms with Crippen molar-refractivity contribution in [3.05, 3.63) is 12.3 Å². The normalized spacial score (nSPS) is 19.1. The summed E-state index contributed by atoms with van der Waals surface area (Å²) in [6.45, 7) is 10.2. The van der Waals surface area contributed by atoms with Crippen LogP contribution in [0.25, 0.3) is 0 Å². The monoisotopic (exact) mass is 210 g/mol. The van der Waals surface area contributed by atoms with Crippen molar-refractivity contribution in [1.29, 1.82) is 0 Å². The molecular formula is C11H22N4. The molecule has 0 aromatic rings. The molecule has 4 heteroatoms. The summed E-state index contributed by atoms with van der Waals surface area (Å²) in [5.41, 5.74) is 0.929. The first-order valence-corrected chi connectivity index (χ1v) is 5.55. The van der Waals surface area contributed by atoms with Gasteiger partial charge in [-0.1, -0.05) is 13.5 Å². The zero-order valence-corrected chi connectivity index (χ0v) is 10.1. The molecule has 0 spiro atoms. The largest absolute Gasteiger partial charge is 0.359 e. The van der Waals surface area contributed by atoms with Crippen LogP contribution < -0.4 is 5.32 Å². The summed E-state index contributed by atoms with van der Waals surface area (Å²) in [5.74, 6) is 0.954. The molecule has 1 heterocycles. The first-order chi connectivity index (χ1) is 7.17. The third-order valence-electron chi connectivity index (χ3n) is 2.70. The number of allylic oxidation sites excluding steroid dienone is 1. The number of guanidine groups is 1. The van der Waals surface area contributed by atoms with Crippen LogP contribution in [-0.2, 0) is 0 Å². The summed E-state index contributed by atoms with van der Waals surface area (Å²) in [5, 5.41) is 3.15. The molecule has 1 rings (SSSR count). The fourth-order valence-corrected chi connectivity index (χ4v) is 1.53. The maximum absolute atomic E-state index is 4.48. The van der Waals surface area contributed by atoms with Crippen molar-refractivity contribution in [3.63, 3.8) is 0 Å². The topological polar surface area (TPSA) is 30.9 Å². The maximum Gasteiger partial charge on any atom is 0.198 e. The third kappa shape index (κ3) is 3.55. The lowest BCUT2D eigenvalue weighted by molar-refractivity contribution is 0.212. The molecule has 1 aliphatic rings. The Labute approximate surface area is 92.7 Å². The Morgan fingerprint density at radius 3 is 2.40 bits per heavy atom. The highest BCUT2D eigenvalue weighted by molar-refractivity contribution is 5.80. The van der Waals surface area contributed by atoms with E-state index in [1.165, 1.54) is 0 Å². The van der Waals surface area contributed by atoms with E-state index < -0.39 is 0 Å². The SMILES string of the molecule is C=C(CC)/N=C(\NC)N1CCN(C)CC1. The second kappa shape index (κ2) is 5.75. The molecule has 4 nitrogen and oxygen atoms in total. The Hall–Kier alpha value is -1.03. The first kappa shape index (κ1) is 12.0. The van der Waals surface area contributed by atoms with Gasteiger partial charge in [-0.05, 0) is 13.5 Å². The molecule has 1 aliphatic heterocycles. The Kier molecular flexibility index (Phi) is 4.62. The molecular weight excluding hydrogens is 188 g/mol. The van der Waals surface area contributed by atoms with E-state index in [0.717, 1.165) is 44.3 Å². The lowest BCUT2D eigenvalue weighted by Crippen LogP contribution is -2.50. The van der Waals surface area contributed by atoms with Crippen LogP contribution in [0, 0.1) is 0 Å². The molecule has 0 aliphatic carbocycles. The lowest BCUT2D eigenvalue weighted by Gasteiger charge is -2.34. The van der Waals surface area contributed by atoms with Gasteiger partial charge in [-0.2, -0.15) is 0 Å². The first-order valence-electron chi connectivity index (χ1n) is 5.55. The molecule has 0 unspecified atom stereocenters. The van der Waals surface area contributed by atoms with Crippen molar-refractivity contribution >= 4 is 5.96 Å². The highest BCUT2D eigenvalue weighted by atomic mass is 15.3. The van der Waals surface area contributed by atoms with Crippen molar-refractivity contribution in [1.82, 2.24) is 15.1 Å². The van der Waals surface area contributed by atoms with E-state index in [1.807, 2.05) is 7.05 Å². The number of nitrogens with one attached hydrogen (secondary N) is 1. The van der Waals surface area contributed by atoms with Gasteiger partial charge in [-0.25, -0.2) is 4.99 Å². The van der Waals surface area contributed by atoms with Gasteiger partial charge in [-0.3, -0.25) is 0 Å². The number of nitrogens with zero attached hydrogens (tertiary/aromatic N) is 3. The fraction of sp³-hybridized carbons (Fsp3) is 0.727. The summed E-state index contributed by atoms with van der Waals surface area (Å²) in [6.07, 6.45) is 0.902. The molecule has 0 saturated carbocycles. The van der Waals surface area contributed by atoms with Crippen molar-refractivity contribution in [2.45, 2.75) is 13.3 Å². The average molecular weight is 210 g/mol. The smallest absolute Gasteiger partial charge is 0.198 e. The standard InChI is InChI=1S/C11H22N4/c1-5-10(2)13-11(12-3)15-8-6-14(4)7-9-15/h2,5-9H2,1,3-4H3,(H,12,13). The minimum atomic E-state index is 0.902. The average Bonchev–Trinajstić information content (AvgIpc) is 2.27. The molecule has 1 fully saturated rings. The molecule has 0 bridgehead atoms. The van der Waals surface area contributed by atoms with E-state index in [9.17, 15) is 0 Å². The van der Waals surface area contributed by atoms with Gasteiger partial charge in [0.05, 0.1) is 0 Å². The van der Waals surface area contributed by atoms with Gasteiger partial charge in [0.2, 0.25) is 0 Å². The molecule has 0 amide bonds. The van der Waals surface area contributed by atoms with E-state index in [1.54, 1.807) is 0 Å². The van der Waals surface area contributed by atoms with Crippen LogP contribution in [0.4, 0.5) is 0 Å². The van der Waals surface area contributed by atoms with Crippen LogP contribution >= 0.6 is 0 Å². The molecule has 0 radical (unpaired) electrons. The Balaban J connectivity index is 2.58. The predicted molar refractivity (Wildman–Crippen MR) is 65.0 cm³/mol. The van der Waals surface area contributed by atoms with Crippen molar-refractivity contribution in [2.24, 2.45) is 4.99 Å². The second-order valence-corrected chi connectivity index (χ2v) is 3.90. The van der Waals surface area contributed by atoms with E-state index in [4.69, 9.17) is 0 Å². The number of piperazine rings is 1. The number of hydrogen-bond acceptors (Lipinski definition) is 2. The lowest BCUT2D eigenvalue weighted by atomic mass is 10.3.